The molecule has 0 N–H and O–H groups in total. The Morgan fingerprint density at radius 2 is 1.96 bits per heavy atom. The minimum Gasteiger partial charge on any atom is -0.491 e. The number of thioether (sulfide) groups is 1. The molecular weight excluding hydrogens is 356 g/mol. The first kappa shape index (κ1) is 19.2. The van der Waals surface area contributed by atoms with Crippen LogP contribution in [0.25, 0.3) is 6.08 Å². The van der Waals surface area contributed by atoms with Crippen LogP contribution in [0.1, 0.15) is 31.9 Å². The van der Waals surface area contributed by atoms with Crippen LogP contribution in [0.15, 0.2) is 58.4 Å². The van der Waals surface area contributed by atoms with Crippen LogP contribution in [-0.4, -0.2) is 29.1 Å². The van der Waals surface area contributed by atoms with E-state index in [0.29, 0.717) is 10.1 Å². The predicted molar refractivity (Wildman–Crippen MR) is 113 cm³/mol. The molecule has 1 fully saturated rings. The van der Waals surface area contributed by atoms with Gasteiger partial charge in [-0.2, -0.15) is 0 Å². The quantitative estimate of drug-likeness (QED) is 0.664. The predicted octanol–water partition coefficient (Wildman–Crippen LogP) is 5.27. The largest absolute Gasteiger partial charge is 0.491 e. The van der Waals surface area contributed by atoms with E-state index in [-0.39, 0.29) is 12.0 Å². The maximum Gasteiger partial charge on any atom is 0.266 e. The highest BCUT2D eigenvalue weighted by atomic mass is 32.2. The molecule has 0 spiro atoms. The summed E-state index contributed by atoms with van der Waals surface area (Å²) in [6, 6.07) is 15.8. The second-order valence-electron chi connectivity index (χ2n) is 6.59. The van der Waals surface area contributed by atoms with Crippen LogP contribution >= 0.6 is 11.8 Å². The molecule has 27 heavy (non-hydrogen) atoms. The number of nitrogens with zero attached hydrogens (tertiary/aromatic N) is 2. The highest BCUT2D eigenvalue weighted by Crippen LogP contribution is 2.34. The molecular formula is C22H24N2O2S. The van der Waals surface area contributed by atoms with Gasteiger partial charge >= 0.3 is 0 Å². The fraction of sp³-hybridized carbons (Fsp3) is 0.273. The summed E-state index contributed by atoms with van der Waals surface area (Å²) in [5, 5.41) is 0.696. The summed E-state index contributed by atoms with van der Waals surface area (Å²) >= 11 is 1.40. The fourth-order valence-electron chi connectivity index (χ4n) is 2.77. The molecule has 1 heterocycles. The first-order valence-corrected chi connectivity index (χ1v) is 9.90. The van der Waals surface area contributed by atoms with Gasteiger partial charge in [0.15, 0.2) is 5.17 Å². The molecule has 1 saturated heterocycles. The number of aryl methyl sites for hydroxylation is 1. The molecule has 1 aliphatic heterocycles. The third-order valence-electron chi connectivity index (χ3n) is 4.12. The van der Waals surface area contributed by atoms with E-state index in [1.807, 2.05) is 62.4 Å². The number of hydrogen-bond donors (Lipinski definition) is 0. The number of para-hydroxylation sites is 1. The SMILES string of the molecule is CCc1ccccc1N=C1S/C(=C/c2cccc(OC(C)C)c2)C(=O)N1C. The number of benzene rings is 2. The Balaban J connectivity index is 1.88. The van der Waals surface area contributed by atoms with Crippen LogP contribution in [0, 0.1) is 0 Å². The topological polar surface area (TPSA) is 41.9 Å². The van der Waals surface area contributed by atoms with Gasteiger partial charge in [0.2, 0.25) is 0 Å². The van der Waals surface area contributed by atoms with Crippen molar-refractivity contribution in [1.82, 2.24) is 4.90 Å². The van der Waals surface area contributed by atoms with Gasteiger partial charge in [-0.3, -0.25) is 9.69 Å². The van der Waals surface area contributed by atoms with E-state index >= 15 is 0 Å². The molecule has 140 valence electrons. The van der Waals surface area contributed by atoms with Crippen LogP contribution in [-0.2, 0) is 11.2 Å². The maximum atomic E-state index is 12.7. The summed E-state index contributed by atoms with van der Waals surface area (Å²) in [6.07, 6.45) is 2.91. The van der Waals surface area contributed by atoms with Gasteiger partial charge < -0.3 is 4.74 Å². The van der Waals surface area contributed by atoms with Crippen molar-refractivity contribution in [3.63, 3.8) is 0 Å². The lowest BCUT2D eigenvalue weighted by Gasteiger charge is -2.09. The Labute approximate surface area is 164 Å². The average Bonchev–Trinajstić information content (AvgIpc) is 2.90. The van der Waals surface area contributed by atoms with Crippen molar-refractivity contribution in [2.24, 2.45) is 4.99 Å². The van der Waals surface area contributed by atoms with Gasteiger partial charge in [0, 0.05) is 7.05 Å². The molecule has 4 nitrogen and oxygen atoms in total. The van der Waals surface area contributed by atoms with Gasteiger partial charge in [-0.05, 0) is 67.4 Å². The van der Waals surface area contributed by atoms with Crippen LogP contribution in [0.4, 0.5) is 5.69 Å². The lowest BCUT2D eigenvalue weighted by Crippen LogP contribution is -2.23. The molecule has 5 heteroatoms. The van der Waals surface area contributed by atoms with Crippen LogP contribution in [0.5, 0.6) is 5.75 Å². The minimum atomic E-state index is -0.0390. The van der Waals surface area contributed by atoms with Crippen molar-refractivity contribution >= 4 is 34.6 Å². The molecule has 0 aliphatic carbocycles. The number of carbonyl (C=O) groups is 1. The van der Waals surface area contributed by atoms with Gasteiger partial charge in [0.25, 0.3) is 5.91 Å². The van der Waals surface area contributed by atoms with Crippen molar-refractivity contribution in [3.05, 3.63) is 64.6 Å². The Morgan fingerprint density at radius 3 is 2.70 bits per heavy atom. The molecule has 0 saturated carbocycles. The summed E-state index contributed by atoms with van der Waals surface area (Å²) in [6.45, 7) is 6.09. The summed E-state index contributed by atoms with van der Waals surface area (Å²) in [7, 11) is 1.77. The third-order valence-corrected chi connectivity index (χ3v) is 5.18. The summed E-state index contributed by atoms with van der Waals surface area (Å²) in [4.78, 5) is 19.6. The lowest BCUT2D eigenvalue weighted by molar-refractivity contribution is -0.121. The standard InChI is InChI=1S/C22H24N2O2S/c1-5-17-10-6-7-12-19(17)23-22-24(4)21(25)20(27-22)14-16-9-8-11-18(13-16)26-15(2)3/h6-15H,5H2,1-4H3/b20-14+,23-22?. The molecule has 2 aromatic rings. The molecule has 3 rings (SSSR count). The Bertz CT molecular complexity index is 903. The summed E-state index contributed by atoms with van der Waals surface area (Å²) in [5.41, 5.74) is 3.02. The molecule has 0 radical (unpaired) electrons. The zero-order chi connectivity index (χ0) is 19.4. The van der Waals surface area contributed by atoms with E-state index in [9.17, 15) is 4.79 Å². The number of amides is 1. The number of hydrogen-bond acceptors (Lipinski definition) is 4. The fourth-order valence-corrected chi connectivity index (χ4v) is 3.75. The molecule has 1 aliphatic rings. The second-order valence-corrected chi connectivity index (χ2v) is 7.60. The molecule has 0 bridgehead atoms. The molecule has 2 aromatic carbocycles. The lowest BCUT2D eigenvalue weighted by atomic mass is 10.1. The van der Waals surface area contributed by atoms with Crippen LogP contribution < -0.4 is 4.74 Å². The van der Waals surface area contributed by atoms with E-state index in [2.05, 4.69) is 13.0 Å². The first-order chi connectivity index (χ1) is 13.0. The zero-order valence-corrected chi connectivity index (χ0v) is 16.9. The highest BCUT2D eigenvalue weighted by molar-refractivity contribution is 8.18. The van der Waals surface area contributed by atoms with Crippen molar-refractivity contribution in [2.45, 2.75) is 33.3 Å². The van der Waals surface area contributed by atoms with Crippen molar-refractivity contribution in [1.29, 1.82) is 0 Å². The first-order valence-electron chi connectivity index (χ1n) is 9.09. The monoisotopic (exact) mass is 380 g/mol. The summed E-state index contributed by atoms with van der Waals surface area (Å²) in [5.74, 6) is 0.761. The van der Waals surface area contributed by atoms with E-state index in [1.54, 1.807) is 11.9 Å². The van der Waals surface area contributed by atoms with Gasteiger partial charge in [0.05, 0.1) is 16.7 Å². The van der Waals surface area contributed by atoms with Crippen molar-refractivity contribution < 1.29 is 9.53 Å². The van der Waals surface area contributed by atoms with Crippen LogP contribution in [0.2, 0.25) is 0 Å². The number of likely N-dealkylation sites (N-methyl/N-ethyl adjacent to an activating group) is 1. The van der Waals surface area contributed by atoms with E-state index in [1.165, 1.54) is 17.3 Å². The Kier molecular flexibility index (Phi) is 6.01. The number of rotatable bonds is 5. The van der Waals surface area contributed by atoms with Crippen LogP contribution in [0.3, 0.4) is 0 Å². The highest BCUT2D eigenvalue weighted by Gasteiger charge is 2.30. The normalized spacial score (nSPS) is 17.4. The van der Waals surface area contributed by atoms with Crippen molar-refractivity contribution in [2.75, 3.05) is 7.05 Å². The summed E-state index contributed by atoms with van der Waals surface area (Å²) < 4.78 is 5.74. The van der Waals surface area contributed by atoms with Gasteiger partial charge in [-0.1, -0.05) is 37.3 Å². The van der Waals surface area contributed by atoms with Crippen molar-refractivity contribution in [3.8, 4) is 5.75 Å². The number of aliphatic imine (C=N–C) groups is 1. The number of ether oxygens (including phenoxy) is 1. The zero-order valence-electron chi connectivity index (χ0n) is 16.1. The van der Waals surface area contributed by atoms with E-state index < -0.39 is 0 Å². The van der Waals surface area contributed by atoms with Gasteiger partial charge in [-0.25, -0.2) is 4.99 Å². The maximum absolute atomic E-state index is 12.7. The van der Waals surface area contributed by atoms with E-state index in [0.717, 1.165) is 23.4 Å². The molecule has 0 aromatic heterocycles. The number of carbonyl (C=O) groups excluding carboxylic acids is 1. The second kappa shape index (κ2) is 8.44. The minimum absolute atomic E-state index is 0.0390. The van der Waals surface area contributed by atoms with Gasteiger partial charge in [-0.15, -0.1) is 0 Å². The van der Waals surface area contributed by atoms with E-state index in [4.69, 9.17) is 9.73 Å². The smallest absolute Gasteiger partial charge is 0.266 e. The molecule has 0 unspecified atom stereocenters. The average molecular weight is 381 g/mol. The number of amidine groups is 1. The van der Waals surface area contributed by atoms with Gasteiger partial charge in [0.1, 0.15) is 5.75 Å². The Hall–Kier alpha value is -2.53. The Morgan fingerprint density at radius 1 is 1.19 bits per heavy atom. The molecule has 0 atom stereocenters. The third kappa shape index (κ3) is 4.61. The molecule has 1 amide bonds.